The van der Waals surface area contributed by atoms with Crippen molar-refractivity contribution in [2.24, 2.45) is 7.05 Å². The largest absolute Gasteiger partial charge is 0.349 e. The minimum atomic E-state index is -0.0562. The number of carbonyl (C=O) groups excluding carboxylic acids is 1. The Morgan fingerprint density at radius 3 is 2.64 bits per heavy atom. The van der Waals surface area contributed by atoms with Crippen molar-refractivity contribution >= 4 is 11.6 Å². The third-order valence-corrected chi connectivity index (χ3v) is 6.74. The molecule has 0 radical (unpaired) electrons. The van der Waals surface area contributed by atoms with E-state index in [9.17, 15) is 4.79 Å². The lowest BCUT2D eigenvalue weighted by Gasteiger charge is -2.31. The third-order valence-electron chi connectivity index (χ3n) is 6.74. The molecule has 3 aromatic heterocycles. The van der Waals surface area contributed by atoms with E-state index in [2.05, 4.69) is 43.4 Å². The van der Waals surface area contributed by atoms with Crippen molar-refractivity contribution in [2.75, 3.05) is 0 Å². The van der Waals surface area contributed by atoms with Crippen LogP contribution in [-0.2, 0) is 7.05 Å². The van der Waals surface area contributed by atoms with E-state index >= 15 is 0 Å². The number of carbonyl (C=O) groups is 1. The fourth-order valence-corrected chi connectivity index (χ4v) is 4.95. The fourth-order valence-electron chi connectivity index (χ4n) is 4.95. The molecule has 1 saturated carbocycles. The summed E-state index contributed by atoms with van der Waals surface area (Å²) in [5, 5.41) is 11.8. The summed E-state index contributed by atoms with van der Waals surface area (Å²) in [7, 11) is 1.97. The summed E-state index contributed by atoms with van der Waals surface area (Å²) < 4.78 is 6.16. The molecule has 1 N–H and O–H groups in total. The number of nitrogens with one attached hydrogen (secondary N) is 1. The molecular formula is C25H25N7O. The van der Waals surface area contributed by atoms with Crippen molar-refractivity contribution in [2.45, 2.75) is 37.8 Å². The predicted molar refractivity (Wildman–Crippen MR) is 125 cm³/mol. The Bertz CT molecular complexity index is 1400. The van der Waals surface area contributed by atoms with E-state index in [1.54, 1.807) is 0 Å². The first kappa shape index (κ1) is 19.7. The molecule has 1 amide bonds. The van der Waals surface area contributed by atoms with Crippen LogP contribution in [0.2, 0.25) is 0 Å². The van der Waals surface area contributed by atoms with Gasteiger partial charge in [-0.1, -0.05) is 0 Å². The zero-order chi connectivity index (χ0) is 22.4. The van der Waals surface area contributed by atoms with E-state index in [-0.39, 0.29) is 11.9 Å². The van der Waals surface area contributed by atoms with E-state index in [4.69, 9.17) is 0 Å². The summed E-state index contributed by atoms with van der Waals surface area (Å²) in [6.45, 7) is 0. The van der Waals surface area contributed by atoms with E-state index < -0.39 is 0 Å². The molecule has 8 nitrogen and oxygen atoms in total. The van der Waals surface area contributed by atoms with Gasteiger partial charge in [-0.25, -0.2) is 4.98 Å². The van der Waals surface area contributed by atoms with Gasteiger partial charge in [-0.15, -0.1) is 10.2 Å². The van der Waals surface area contributed by atoms with Gasteiger partial charge in [-0.05, 0) is 68.1 Å². The topological polar surface area (TPSA) is 82.0 Å². The van der Waals surface area contributed by atoms with E-state index in [0.717, 1.165) is 48.7 Å². The van der Waals surface area contributed by atoms with Crippen LogP contribution in [0.15, 0.2) is 67.3 Å². The van der Waals surface area contributed by atoms with Gasteiger partial charge in [0, 0.05) is 49.5 Å². The number of fused-ring (bicyclic) bond motifs is 2. The first-order valence-corrected chi connectivity index (χ1v) is 11.4. The quantitative estimate of drug-likeness (QED) is 0.460. The molecule has 6 rings (SSSR count). The number of nitrogens with zero attached hydrogens (tertiary/aromatic N) is 6. The van der Waals surface area contributed by atoms with Crippen LogP contribution in [0.25, 0.3) is 28.6 Å². The molecular weight excluding hydrogens is 414 g/mol. The Labute approximate surface area is 191 Å². The molecule has 3 aromatic rings. The number of aryl methyl sites for hydroxylation is 1. The van der Waals surface area contributed by atoms with Crippen molar-refractivity contribution < 1.29 is 4.79 Å². The first-order chi connectivity index (χ1) is 16.2. The lowest BCUT2D eigenvalue weighted by atomic mass is 9.90. The molecule has 8 heteroatoms. The Morgan fingerprint density at radius 1 is 0.970 bits per heavy atom. The molecule has 3 aliphatic rings. The Hall–Kier alpha value is -3.94. The maximum absolute atomic E-state index is 13.0. The van der Waals surface area contributed by atoms with Gasteiger partial charge in [-0.3, -0.25) is 9.20 Å². The summed E-state index contributed by atoms with van der Waals surface area (Å²) >= 11 is 0. The van der Waals surface area contributed by atoms with Crippen molar-refractivity contribution in [1.82, 2.24) is 34.0 Å². The third kappa shape index (κ3) is 3.47. The summed E-state index contributed by atoms with van der Waals surface area (Å²) in [5.74, 6) is 1.71. The smallest absolute Gasteiger partial charge is 0.252 e. The fraction of sp³-hybridized carbons (Fsp3) is 0.280. The second kappa shape index (κ2) is 7.88. The van der Waals surface area contributed by atoms with Crippen molar-refractivity contribution in [3.8, 4) is 22.9 Å². The zero-order valence-electron chi connectivity index (χ0n) is 18.4. The van der Waals surface area contributed by atoms with Crippen molar-refractivity contribution in [1.29, 1.82) is 0 Å². The minimum absolute atomic E-state index is 0.0562. The average molecular weight is 440 g/mol. The molecule has 0 bridgehead atoms. The predicted octanol–water partition coefficient (Wildman–Crippen LogP) is 3.95. The van der Waals surface area contributed by atoms with Gasteiger partial charge in [0.2, 0.25) is 0 Å². The highest BCUT2D eigenvalue weighted by Gasteiger charge is 2.25. The van der Waals surface area contributed by atoms with E-state index in [0.29, 0.717) is 11.6 Å². The van der Waals surface area contributed by atoms with Crippen LogP contribution in [-0.4, -0.2) is 40.7 Å². The van der Waals surface area contributed by atoms with Gasteiger partial charge in [-0.2, -0.15) is 0 Å². The number of rotatable bonds is 4. The molecule has 0 unspecified atom stereocenters. The highest BCUT2D eigenvalue weighted by atomic mass is 16.1. The number of pyridine rings is 2. The maximum Gasteiger partial charge on any atom is 0.252 e. The molecule has 5 heterocycles. The summed E-state index contributed by atoms with van der Waals surface area (Å²) in [5.41, 5.74) is 3.45. The normalized spacial score (nSPS) is 18.7. The molecule has 1 aliphatic carbocycles. The number of hydrogen-bond acceptors (Lipinski definition) is 4. The summed E-state index contributed by atoms with van der Waals surface area (Å²) in [4.78, 5) is 17.6. The molecule has 0 saturated heterocycles. The maximum atomic E-state index is 13.0. The minimum Gasteiger partial charge on any atom is -0.349 e. The van der Waals surface area contributed by atoms with Crippen molar-refractivity contribution in [3.63, 3.8) is 0 Å². The summed E-state index contributed by atoms with van der Waals surface area (Å²) in [6, 6.07) is 14.4. The van der Waals surface area contributed by atoms with Gasteiger partial charge in [0.05, 0.1) is 11.3 Å². The molecule has 1 fully saturated rings. The Morgan fingerprint density at radius 2 is 1.82 bits per heavy atom. The molecule has 2 aliphatic heterocycles. The monoisotopic (exact) mass is 439 g/mol. The lowest BCUT2D eigenvalue weighted by Crippen LogP contribution is -2.38. The first-order valence-electron chi connectivity index (χ1n) is 11.4. The van der Waals surface area contributed by atoms with Gasteiger partial charge < -0.3 is 14.5 Å². The van der Waals surface area contributed by atoms with Crippen LogP contribution < -0.4 is 5.32 Å². The standard InChI is InChI=1S/C25H25N7O/c1-30-14-3-5-21(30)24-29-28-22-11-6-18(16-32(22)24)25(33)27-19-7-9-20(10-8-19)31-15-2-4-17-12-13-26-23(17)31/h2-6,11-16,19-20H,7-10H2,1H3,(H,27,33). The molecule has 0 aromatic carbocycles. The number of aromatic nitrogens is 6. The van der Waals surface area contributed by atoms with Gasteiger partial charge in [0.1, 0.15) is 5.82 Å². The van der Waals surface area contributed by atoms with Crippen LogP contribution >= 0.6 is 0 Å². The van der Waals surface area contributed by atoms with Gasteiger partial charge in [0.15, 0.2) is 11.5 Å². The Kier molecular flexibility index (Phi) is 4.71. The Balaban J connectivity index is 1.16. The van der Waals surface area contributed by atoms with Crippen LogP contribution in [0.3, 0.4) is 0 Å². The van der Waals surface area contributed by atoms with Crippen LogP contribution in [0.1, 0.15) is 42.1 Å². The number of hydrogen-bond donors (Lipinski definition) is 1. The van der Waals surface area contributed by atoms with E-state index in [1.807, 2.05) is 64.9 Å². The van der Waals surface area contributed by atoms with Crippen LogP contribution in [0.4, 0.5) is 0 Å². The molecule has 0 atom stereocenters. The van der Waals surface area contributed by atoms with Gasteiger partial charge >= 0.3 is 0 Å². The SMILES string of the molecule is Cn1cccc1-c1nnc2ccc(C(=O)NC3CCC(n4cccc5ccnc4-5)CC3)cn12. The average Bonchev–Trinajstić information content (AvgIpc) is 3.58. The second-order valence-corrected chi connectivity index (χ2v) is 8.79. The highest BCUT2D eigenvalue weighted by molar-refractivity contribution is 5.94. The van der Waals surface area contributed by atoms with Crippen LogP contribution in [0, 0.1) is 0 Å². The van der Waals surface area contributed by atoms with Crippen LogP contribution in [0.5, 0.6) is 0 Å². The number of amides is 1. The molecule has 0 spiro atoms. The van der Waals surface area contributed by atoms with Crippen molar-refractivity contribution in [3.05, 3.63) is 72.8 Å². The second-order valence-electron chi connectivity index (χ2n) is 8.79. The highest BCUT2D eigenvalue weighted by Crippen LogP contribution is 2.32. The molecule has 166 valence electrons. The molecule has 33 heavy (non-hydrogen) atoms. The van der Waals surface area contributed by atoms with Gasteiger partial charge in [0.25, 0.3) is 5.91 Å². The summed E-state index contributed by atoms with van der Waals surface area (Å²) in [6.07, 6.45) is 11.7. The van der Waals surface area contributed by atoms with E-state index in [1.165, 1.54) is 5.56 Å². The zero-order valence-corrected chi connectivity index (χ0v) is 18.4. The lowest BCUT2D eigenvalue weighted by molar-refractivity contribution is 0.0922.